The molecule has 1 amide bonds. The van der Waals surface area contributed by atoms with Gasteiger partial charge in [-0.05, 0) is 6.07 Å². The Balaban J connectivity index is 1.69. The molecular formula is C14H14ClN3OS. The monoisotopic (exact) mass is 307 g/mol. The minimum atomic E-state index is -0.119. The molecule has 104 valence electrons. The van der Waals surface area contributed by atoms with E-state index in [1.54, 1.807) is 5.38 Å². The zero-order chi connectivity index (χ0) is 13.9. The first-order chi connectivity index (χ1) is 9.74. The largest absolute Gasteiger partial charge is 0.350 e. The van der Waals surface area contributed by atoms with E-state index in [-0.39, 0.29) is 5.91 Å². The lowest BCUT2D eigenvalue weighted by molar-refractivity contribution is 0.0938. The third-order valence-corrected chi connectivity index (χ3v) is 4.46. The number of benzene rings is 1. The fraction of sp³-hybridized carbons (Fsp3) is 0.286. The maximum atomic E-state index is 12.0. The summed E-state index contributed by atoms with van der Waals surface area (Å²) in [7, 11) is 0. The fourth-order valence-electron chi connectivity index (χ4n) is 1.96. The van der Waals surface area contributed by atoms with Crippen molar-refractivity contribution in [1.82, 2.24) is 15.6 Å². The number of hydrogen-bond acceptors (Lipinski definition) is 4. The van der Waals surface area contributed by atoms with E-state index < -0.39 is 0 Å². The van der Waals surface area contributed by atoms with Crippen LogP contribution in [0.2, 0.25) is 5.02 Å². The third-order valence-electron chi connectivity index (χ3n) is 3.26. The Morgan fingerprint density at radius 2 is 2.25 bits per heavy atom. The second-order valence-electron chi connectivity index (χ2n) is 4.75. The number of hydrogen-bond donors (Lipinski definition) is 2. The maximum Gasteiger partial charge on any atom is 0.270 e. The van der Waals surface area contributed by atoms with Gasteiger partial charge in [0.1, 0.15) is 10.7 Å². The molecule has 0 unspecified atom stereocenters. The van der Waals surface area contributed by atoms with Crippen molar-refractivity contribution in [3.63, 3.8) is 0 Å². The molecule has 1 saturated heterocycles. The van der Waals surface area contributed by atoms with Crippen LogP contribution in [0.3, 0.4) is 0 Å². The minimum Gasteiger partial charge on any atom is -0.350 e. The van der Waals surface area contributed by atoms with E-state index in [9.17, 15) is 4.79 Å². The zero-order valence-electron chi connectivity index (χ0n) is 10.7. The molecule has 0 bridgehead atoms. The first-order valence-corrected chi connectivity index (χ1v) is 7.69. The Morgan fingerprint density at radius 3 is 2.95 bits per heavy atom. The SMILES string of the molecule is O=C(NCC1CNC1)c1csc(-c2ccccc2Cl)n1. The van der Waals surface area contributed by atoms with E-state index in [1.807, 2.05) is 24.3 Å². The Labute approximate surface area is 126 Å². The summed E-state index contributed by atoms with van der Waals surface area (Å²) in [5.41, 5.74) is 1.32. The number of nitrogens with one attached hydrogen (secondary N) is 2. The third kappa shape index (κ3) is 2.85. The predicted molar refractivity (Wildman–Crippen MR) is 81.3 cm³/mol. The molecule has 0 spiro atoms. The van der Waals surface area contributed by atoms with Crippen LogP contribution in [-0.4, -0.2) is 30.5 Å². The molecule has 1 aromatic carbocycles. The molecule has 0 saturated carbocycles. The number of nitrogens with zero attached hydrogens (tertiary/aromatic N) is 1. The summed E-state index contributed by atoms with van der Waals surface area (Å²) in [4.78, 5) is 16.4. The first kappa shape index (κ1) is 13.5. The van der Waals surface area contributed by atoms with E-state index in [4.69, 9.17) is 11.6 Å². The minimum absolute atomic E-state index is 0.119. The Hall–Kier alpha value is -1.43. The van der Waals surface area contributed by atoms with Gasteiger partial charge in [0.25, 0.3) is 5.91 Å². The molecular weight excluding hydrogens is 294 g/mol. The average molecular weight is 308 g/mol. The van der Waals surface area contributed by atoms with Crippen LogP contribution in [0.15, 0.2) is 29.6 Å². The van der Waals surface area contributed by atoms with Crippen molar-refractivity contribution in [1.29, 1.82) is 0 Å². The van der Waals surface area contributed by atoms with E-state index in [1.165, 1.54) is 11.3 Å². The molecule has 1 aromatic heterocycles. The lowest BCUT2D eigenvalue weighted by Gasteiger charge is -2.26. The first-order valence-electron chi connectivity index (χ1n) is 6.43. The Morgan fingerprint density at radius 1 is 1.45 bits per heavy atom. The zero-order valence-corrected chi connectivity index (χ0v) is 12.3. The van der Waals surface area contributed by atoms with Crippen molar-refractivity contribution in [3.05, 3.63) is 40.4 Å². The highest BCUT2D eigenvalue weighted by Crippen LogP contribution is 2.29. The summed E-state index contributed by atoms with van der Waals surface area (Å²) in [5.74, 6) is 0.423. The highest BCUT2D eigenvalue weighted by molar-refractivity contribution is 7.13. The molecule has 1 fully saturated rings. The summed E-state index contributed by atoms with van der Waals surface area (Å²) < 4.78 is 0. The van der Waals surface area contributed by atoms with Crippen molar-refractivity contribution in [2.45, 2.75) is 0 Å². The summed E-state index contributed by atoms with van der Waals surface area (Å²) in [6.45, 7) is 2.65. The molecule has 0 atom stereocenters. The molecule has 3 rings (SSSR count). The second-order valence-corrected chi connectivity index (χ2v) is 6.02. The normalized spacial score (nSPS) is 14.8. The standard InChI is InChI=1S/C14H14ClN3OS/c15-11-4-2-1-3-10(11)14-18-12(8-20-14)13(19)17-7-9-5-16-6-9/h1-4,8-9,16H,5-7H2,(H,17,19). The maximum absolute atomic E-state index is 12.0. The smallest absolute Gasteiger partial charge is 0.270 e. The van der Waals surface area contributed by atoms with Gasteiger partial charge < -0.3 is 10.6 Å². The van der Waals surface area contributed by atoms with Gasteiger partial charge in [-0.15, -0.1) is 11.3 Å². The van der Waals surface area contributed by atoms with E-state index in [2.05, 4.69) is 15.6 Å². The molecule has 0 radical (unpaired) electrons. The van der Waals surface area contributed by atoms with Crippen LogP contribution in [0, 0.1) is 5.92 Å². The van der Waals surface area contributed by atoms with Crippen LogP contribution < -0.4 is 10.6 Å². The summed E-state index contributed by atoms with van der Waals surface area (Å²) >= 11 is 7.57. The van der Waals surface area contributed by atoms with Gasteiger partial charge in [0.05, 0.1) is 5.02 Å². The van der Waals surface area contributed by atoms with Gasteiger partial charge in [0, 0.05) is 36.5 Å². The van der Waals surface area contributed by atoms with E-state index in [0.717, 1.165) is 23.7 Å². The predicted octanol–water partition coefficient (Wildman–Crippen LogP) is 2.41. The van der Waals surface area contributed by atoms with Crippen LogP contribution >= 0.6 is 22.9 Å². The van der Waals surface area contributed by atoms with Crippen molar-refractivity contribution in [2.75, 3.05) is 19.6 Å². The molecule has 2 aromatic rings. The highest BCUT2D eigenvalue weighted by atomic mass is 35.5. The van der Waals surface area contributed by atoms with Gasteiger partial charge >= 0.3 is 0 Å². The Kier molecular flexibility index (Phi) is 4.00. The van der Waals surface area contributed by atoms with Crippen molar-refractivity contribution >= 4 is 28.8 Å². The van der Waals surface area contributed by atoms with E-state index >= 15 is 0 Å². The van der Waals surface area contributed by atoms with Crippen LogP contribution in [0.1, 0.15) is 10.5 Å². The highest BCUT2D eigenvalue weighted by Gasteiger charge is 2.19. The number of aromatic nitrogens is 1. The summed E-state index contributed by atoms with van der Waals surface area (Å²) in [5, 5.41) is 9.28. The molecule has 2 N–H and O–H groups in total. The number of halogens is 1. The number of thiazole rings is 1. The second kappa shape index (κ2) is 5.91. The van der Waals surface area contributed by atoms with Crippen molar-refractivity contribution in [3.8, 4) is 10.6 Å². The van der Waals surface area contributed by atoms with Crippen molar-refractivity contribution < 1.29 is 4.79 Å². The molecule has 2 heterocycles. The van der Waals surface area contributed by atoms with Gasteiger partial charge in [-0.1, -0.05) is 29.8 Å². The van der Waals surface area contributed by atoms with Gasteiger partial charge in [-0.25, -0.2) is 4.98 Å². The summed E-state index contributed by atoms with van der Waals surface area (Å²) in [6, 6.07) is 7.51. The number of carbonyl (C=O) groups excluding carboxylic acids is 1. The Bertz CT molecular complexity index is 624. The lowest BCUT2D eigenvalue weighted by atomic mass is 10.0. The van der Waals surface area contributed by atoms with Crippen LogP contribution in [0.4, 0.5) is 0 Å². The van der Waals surface area contributed by atoms with E-state index in [0.29, 0.717) is 23.2 Å². The van der Waals surface area contributed by atoms with Gasteiger partial charge in [0.15, 0.2) is 0 Å². The molecule has 6 heteroatoms. The van der Waals surface area contributed by atoms with Gasteiger partial charge in [-0.2, -0.15) is 0 Å². The van der Waals surface area contributed by atoms with Crippen LogP contribution in [0.25, 0.3) is 10.6 Å². The molecule has 0 aliphatic carbocycles. The lowest BCUT2D eigenvalue weighted by Crippen LogP contribution is -2.48. The van der Waals surface area contributed by atoms with Gasteiger partial charge in [-0.3, -0.25) is 4.79 Å². The fourth-order valence-corrected chi connectivity index (χ4v) is 3.08. The summed E-state index contributed by atoms with van der Waals surface area (Å²) in [6.07, 6.45) is 0. The van der Waals surface area contributed by atoms with Crippen molar-refractivity contribution in [2.24, 2.45) is 5.92 Å². The molecule has 20 heavy (non-hydrogen) atoms. The number of rotatable bonds is 4. The number of amides is 1. The van der Waals surface area contributed by atoms with Crippen LogP contribution in [-0.2, 0) is 0 Å². The molecule has 4 nitrogen and oxygen atoms in total. The molecule has 1 aliphatic heterocycles. The van der Waals surface area contributed by atoms with Gasteiger partial charge in [0.2, 0.25) is 0 Å². The number of carbonyl (C=O) groups is 1. The van der Waals surface area contributed by atoms with Crippen LogP contribution in [0.5, 0.6) is 0 Å². The average Bonchev–Trinajstić information content (AvgIpc) is 2.87. The molecule has 1 aliphatic rings. The topological polar surface area (TPSA) is 54.0 Å². The quantitative estimate of drug-likeness (QED) is 0.912.